The third-order valence-corrected chi connectivity index (χ3v) is 1.24. The van der Waals surface area contributed by atoms with Gasteiger partial charge < -0.3 is 19.6 Å². The molecule has 68 valence electrons. The Morgan fingerprint density at radius 2 is 1.33 bits per heavy atom. The summed E-state index contributed by atoms with van der Waals surface area (Å²) in [6, 6.07) is 0. The average Bonchev–Trinajstić information content (AvgIpc) is 1.63. The van der Waals surface area contributed by atoms with Crippen molar-refractivity contribution in [3.05, 3.63) is 0 Å². The first kappa shape index (κ1) is 23.8. The van der Waals surface area contributed by atoms with Crippen LogP contribution in [-0.4, -0.2) is 84.9 Å². The van der Waals surface area contributed by atoms with Crippen LogP contribution in [0.25, 0.3) is 0 Å². The van der Waals surface area contributed by atoms with Crippen molar-refractivity contribution in [2.75, 3.05) is 6.16 Å². The number of rotatable bonds is 1. The van der Waals surface area contributed by atoms with Crippen LogP contribution in [0.3, 0.4) is 0 Å². The van der Waals surface area contributed by atoms with Crippen molar-refractivity contribution < 1.29 is 28.7 Å². The summed E-state index contributed by atoms with van der Waals surface area (Å²) in [5.74, 6) is 0. The SMILES string of the molecule is CCP(=O)(O)O.O=[PH](O)O.[NaH].[NaH]. The van der Waals surface area contributed by atoms with Gasteiger partial charge in [-0.25, -0.2) is 0 Å². The molecule has 0 heterocycles. The molecule has 0 aliphatic rings. The molecular formula is C2H12Na2O6P2. The quantitative estimate of drug-likeness (QED) is 0.319. The van der Waals surface area contributed by atoms with E-state index in [1.54, 1.807) is 0 Å². The van der Waals surface area contributed by atoms with Gasteiger partial charge >= 0.3 is 75.0 Å². The summed E-state index contributed by atoms with van der Waals surface area (Å²) in [4.78, 5) is 30.2. The average molecular weight is 240 g/mol. The van der Waals surface area contributed by atoms with Crippen molar-refractivity contribution in [3.63, 3.8) is 0 Å². The maximum absolute atomic E-state index is 9.69. The Morgan fingerprint density at radius 3 is 1.33 bits per heavy atom. The van der Waals surface area contributed by atoms with Gasteiger partial charge in [-0.05, 0) is 0 Å². The second-order valence-electron chi connectivity index (χ2n) is 1.26. The van der Waals surface area contributed by atoms with E-state index in [2.05, 4.69) is 0 Å². The maximum atomic E-state index is 9.69. The predicted octanol–water partition coefficient (Wildman–Crippen LogP) is -1.75. The Morgan fingerprint density at radius 1 is 1.25 bits per heavy atom. The second-order valence-corrected chi connectivity index (χ2v) is 3.79. The van der Waals surface area contributed by atoms with E-state index in [4.69, 9.17) is 24.1 Å². The van der Waals surface area contributed by atoms with Crippen LogP contribution < -0.4 is 0 Å². The normalized spacial score (nSPS) is 8.83. The summed E-state index contributed by atoms with van der Waals surface area (Å²) in [7, 11) is -6.78. The van der Waals surface area contributed by atoms with Gasteiger partial charge in [0.25, 0.3) is 0 Å². The molecule has 0 aliphatic carbocycles. The molecule has 0 saturated carbocycles. The summed E-state index contributed by atoms with van der Waals surface area (Å²) in [5.41, 5.74) is 0. The zero-order chi connectivity index (χ0) is 8.78. The van der Waals surface area contributed by atoms with Crippen molar-refractivity contribution in [2.24, 2.45) is 0 Å². The predicted molar refractivity (Wildman–Crippen MR) is 50.3 cm³/mol. The number of hydrogen-bond acceptors (Lipinski definition) is 2. The molecule has 10 heteroatoms. The topological polar surface area (TPSA) is 115 Å². The van der Waals surface area contributed by atoms with Crippen molar-refractivity contribution in [1.29, 1.82) is 0 Å². The van der Waals surface area contributed by atoms with Crippen molar-refractivity contribution in [1.82, 2.24) is 0 Å². The monoisotopic (exact) mass is 240 g/mol. The fraction of sp³-hybridized carbons (Fsp3) is 1.00. The van der Waals surface area contributed by atoms with Crippen molar-refractivity contribution in [3.8, 4) is 0 Å². The van der Waals surface area contributed by atoms with Crippen LogP contribution in [0.4, 0.5) is 0 Å². The molecule has 0 unspecified atom stereocenters. The molecule has 0 radical (unpaired) electrons. The van der Waals surface area contributed by atoms with Crippen LogP contribution in [0.5, 0.6) is 0 Å². The fourth-order valence-electron chi connectivity index (χ4n) is 0. The van der Waals surface area contributed by atoms with Gasteiger partial charge in [0.2, 0.25) is 0 Å². The Hall–Kier alpha value is 2.30. The number of hydrogen-bond donors (Lipinski definition) is 4. The summed E-state index contributed by atoms with van der Waals surface area (Å²) >= 11 is 0. The van der Waals surface area contributed by atoms with Crippen LogP contribution in [0.1, 0.15) is 6.92 Å². The van der Waals surface area contributed by atoms with Gasteiger partial charge in [-0.1, -0.05) is 6.92 Å². The van der Waals surface area contributed by atoms with E-state index in [-0.39, 0.29) is 65.3 Å². The van der Waals surface area contributed by atoms with Crippen molar-refractivity contribution in [2.45, 2.75) is 6.92 Å². The van der Waals surface area contributed by atoms with E-state index < -0.39 is 15.9 Å². The molecule has 0 aromatic rings. The van der Waals surface area contributed by atoms with E-state index >= 15 is 0 Å². The zero-order valence-corrected chi connectivity index (χ0v) is 7.15. The molecule has 0 rings (SSSR count). The van der Waals surface area contributed by atoms with Crippen LogP contribution in [0.15, 0.2) is 0 Å². The third-order valence-electron chi connectivity index (χ3n) is 0.412. The summed E-state index contributed by atoms with van der Waals surface area (Å²) < 4.78 is 18.4. The molecule has 0 aromatic heterocycles. The van der Waals surface area contributed by atoms with Crippen LogP contribution in [0, 0.1) is 0 Å². The van der Waals surface area contributed by atoms with Gasteiger partial charge in [-0.3, -0.25) is 9.13 Å². The molecule has 0 amide bonds. The van der Waals surface area contributed by atoms with E-state index in [1.807, 2.05) is 0 Å². The van der Waals surface area contributed by atoms with Gasteiger partial charge in [0.1, 0.15) is 0 Å². The molecule has 6 nitrogen and oxygen atoms in total. The van der Waals surface area contributed by atoms with E-state index in [0.29, 0.717) is 0 Å². The Labute approximate surface area is 115 Å². The molecule has 12 heavy (non-hydrogen) atoms. The van der Waals surface area contributed by atoms with Gasteiger partial charge in [0.05, 0.1) is 0 Å². The summed E-state index contributed by atoms with van der Waals surface area (Å²) in [5, 5.41) is 0. The first-order valence-electron chi connectivity index (χ1n) is 2.26. The Balaban J connectivity index is -0.0000000483. The van der Waals surface area contributed by atoms with Gasteiger partial charge in [0, 0.05) is 6.16 Å². The van der Waals surface area contributed by atoms with Crippen molar-refractivity contribution >= 4 is 75.0 Å². The first-order chi connectivity index (χ1) is 4.29. The van der Waals surface area contributed by atoms with Gasteiger partial charge in [-0.15, -0.1) is 0 Å². The zero-order valence-electron chi connectivity index (χ0n) is 5.26. The standard InChI is InChI=1S/C2H7O3P.2Na.H3O3P.2H/c1-2-6(3,4)5;;;1-4(2)3;;/h2H2,1H3,(H2,3,4,5);;;4H,(H2,1,2,3);;. The third kappa shape index (κ3) is 55.9. The molecule has 0 aliphatic heterocycles. The molecule has 0 spiro atoms. The molecular weight excluding hydrogens is 228 g/mol. The summed E-state index contributed by atoms with van der Waals surface area (Å²) in [6.45, 7) is 1.45. The summed E-state index contributed by atoms with van der Waals surface area (Å²) in [6.07, 6.45) is -0.0625. The molecule has 0 fully saturated rings. The second kappa shape index (κ2) is 13.3. The van der Waals surface area contributed by atoms with Crippen LogP contribution in [-0.2, 0) is 9.13 Å². The first-order valence-corrected chi connectivity index (χ1v) is 5.36. The fourth-order valence-corrected chi connectivity index (χ4v) is 0. The van der Waals surface area contributed by atoms with E-state index in [1.165, 1.54) is 6.92 Å². The molecule has 0 bridgehead atoms. The minimum atomic E-state index is -3.65. The van der Waals surface area contributed by atoms with E-state index in [0.717, 1.165) is 0 Å². The molecule has 0 saturated heterocycles. The van der Waals surface area contributed by atoms with Gasteiger partial charge in [0.15, 0.2) is 0 Å². The molecule has 0 atom stereocenters. The van der Waals surface area contributed by atoms with E-state index in [9.17, 15) is 4.57 Å². The Bertz CT molecular complexity index is 140. The molecule has 4 N–H and O–H groups in total. The van der Waals surface area contributed by atoms with Gasteiger partial charge in [-0.2, -0.15) is 0 Å². The Kier molecular flexibility index (Phi) is 26.4. The molecule has 0 aromatic carbocycles. The minimum absolute atomic E-state index is 0. The van der Waals surface area contributed by atoms with Crippen LogP contribution in [0.2, 0.25) is 0 Å². The van der Waals surface area contributed by atoms with Crippen LogP contribution >= 0.6 is 15.9 Å².